The van der Waals surface area contributed by atoms with Gasteiger partial charge in [0, 0.05) is 25.9 Å². The minimum absolute atomic E-state index is 0.201. The highest BCUT2D eigenvalue weighted by Crippen LogP contribution is 2.26. The average Bonchev–Trinajstić information content (AvgIpc) is 2.00. The number of halogens is 1. The highest BCUT2D eigenvalue weighted by Gasteiger charge is 2.19. The van der Waals surface area contributed by atoms with Crippen molar-refractivity contribution >= 4 is 17.5 Å². The second-order valence-corrected chi connectivity index (χ2v) is 5.96. The third-order valence-electron chi connectivity index (χ3n) is 2.33. The van der Waals surface area contributed by atoms with Gasteiger partial charge in [-0.15, -0.1) is 11.6 Å². The van der Waals surface area contributed by atoms with Crippen LogP contribution in [0.4, 0.5) is 0 Å². The summed E-state index contributed by atoms with van der Waals surface area (Å²) in [5.74, 6) is 1.15. The first kappa shape index (κ1) is 14.8. The minimum atomic E-state index is 0.201. The maximum atomic E-state index is 11.7. The molecule has 1 atom stereocenters. The summed E-state index contributed by atoms with van der Waals surface area (Å²) in [5, 5.41) is 0. The highest BCUT2D eigenvalue weighted by molar-refractivity contribution is 6.18. The number of alkyl halides is 1. The number of nitrogens with zero attached hydrogens (tertiary/aromatic N) is 1. The quantitative estimate of drug-likeness (QED) is 0.668. The van der Waals surface area contributed by atoms with Crippen molar-refractivity contribution in [2.45, 2.75) is 40.5 Å². The van der Waals surface area contributed by atoms with E-state index < -0.39 is 0 Å². The van der Waals surface area contributed by atoms with Crippen LogP contribution in [0.2, 0.25) is 0 Å². The monoisotopic (exact) mass is 233 g/mol. The van der Waals surface area contributed by atoms with Gasteiger partial charge in [0.25, 0.3) is 0 Å². The van der Waals surface area contributed by atoms with Crippen molar-refractivity contribution in [2.24, 2.45) is 11.3 Å². The van der Waals surface area contributed by atoms with Gasteiger partial charge in [0.2, 0.25) is 5.91 Å². The van der Waals surface area contributed by atoms with Gasteiger partial charge >= 0.3 is 0 Å². The zero-order valence-electron chi connectivity index (χ0n) is 10.6. The molecule has 0 bridgehead atoms. The molecule has 0 radical (unpaired) electrons. The fraction of sp³-hybridized carbons (Fsp3) is 0.917. The van der Waals surface area contributed by atoms with Crippen LogP contribution >= 0.6 is 11.6 Å². The van der Waals surface area contributed by atoms with Gasteiger partial charge in [-0.3, -0.25) is 4.79 Å². The minimum Gasteiger partial charge on any atom is -0.345 e. The van der Waals surface area contributed by atoms with Gasteiger partial charge < -0.3 is 4.90 Å². The third kappa shape index (κ3) is 7.66. The van der Waals surface area contributed by atoms with Gasteiger partial charge in [-0.1, -0.05) is 27.7 Å². The van der Waals surface area contributed by atoms with Gasteiger partial charge in [0.1, 0.15) is 0 Å². The first-order valence-electron chi connectivity index (χ1n) is 5.56. The van der Waals surface area contributed by atoms with Crippen LogP contribution in [0.5, 0.6) is 0 Å². The van der Waals surface area contributed by atoms with E-state index in [9.17, 15) is 4.79 Å². The summed E-state index contributed by atoms with van der Waals surface area (Å²) in [6, 6.07) is 0. The van der Waals surface area contributed by atoms with E-state index in [-0.39, 0.29) is 5.91 Å². The molecular weight excluding hydrogens is 210 g/mol. The smallest absolute Gasteiger partial charge is 0.222 e. The Bertz CT molecular complexity index is 198. The van der Waals surface area contributed by atoms with Crippen LogP contribution in [0.1, 0.15) is 40.5 Å². The highest BCUT2D eigenvalue weighted by atomic mass is 35.5. The molecule has 0 spiro atoms. The lowest BCUT2D eigenvalue weighted by Crippen LogP contribution is -2.30. The second kappa shape index (κ2) is 6.37. The van der Waals surface area contributed by atoms with Crippen LogP contribution in [0.3, 0.4) is 0 Å². The first-order chi connectivity index (χ1) is 6.76. The molecule has 0 saturated heterocycles. The normalized spacial score (nSPS) is 13.7. The fourth-order valence-electron chi connectivity index (χ4n) is 1.82. The number of rotatable bonds is 5. The second-order valence-electron chi connectivity index (χ2n) is 5.58. The van der Waals surface area contributed by atoms with Gasteiger partial charge in [0.15, 0.2) is 0 Å². The largest absolute Gasteiger partial charge is 0.345 e. The predicted molar refractivity (Wildman–Crippen MR) is 66.2 cm³/mol. The van der Waals surface area contributed by atoms with Crippen LogP contribution in [0, 0.1) is 11.3 Å². The molecule has 0 saturated carbocycles. The summed E-state index contributed by atoms with van der Waals surface area (Å²) in [6.45, 7) is 9.39. The van der Waals surface area contributed by atoms with Crippen molar-refractivity contribution in [1.82, 2.24) is 4.90 Å². The molecule has 3 heteroatoms. The van der Waals surface area contributed by atoms with Crippen LogP contribution in [0.25, 0.3) is 0 Å². The zero-order valence-corrected chi connectivity index (χ0v) is 11.4. The van der Waals surface area contributed by atoms with Crippen molar-refractivity contribution in [3.05, 3.63) is 0 Å². The predicted octanol–water partition coefficient (Wildman–Crippen LogP) is 3.15. The van der Waals surface area contributed by atoms with Gasteiger partial charge in [0.05, 0.1) is 0 Å². The van der Waals surface area contributed by atoms with E-state index in [4.69, 9.17) is 11.6 Å². The molecule has 0 aromatic carbocycles. The van der Waals surface area contributed by atoms with Gasteiger partial charge in [-0.25, -0.2) is 0 Å². The number of hydrogen-bond acceptors (Lipinski definition) is 1. The van der Waals surface area contributed by atoms with Crippen molar-refractivity contribution in [3.63, 3.8) is 0 Å². The van der Waals surface area contributed by atoms with Crippen LogP contribution < -0.4 is 0 Å². The summed E-state index contributed by atoms with van der Waals surface area (Å²) in [7, 11) is 1.81. The molecule has 0 fully saturated rings. The molecule has 1 unspecified atom stereocenters. The van der Waals surface area contributed by atoms with E-state index in [2.05, 4.69) is 27.7 Å². The number of amides is 1. The Kier molecular flexibility index (Phi) is 6.26. The molecule has 0 aliphatic rings. The molecule has 0 aliphatic heterocycles. The third-order valence-corrected chi connectivity index (χ3v) is 2.50. The fourth-order valence-corrected chi connectivity index (χ4v) is 2.08. The Morgan fingerprint density at radius 3 is 2.33 bits per heavy atom. The molecule has 2 nitrogen and oxygen atoms in total. The SMILES string of the molecule is CC(CC(=O)N(C)CCCl)CC(C)(C)C. The van der Waals surface area contributed by atoms with E-state index in [1.807, 2.05) is 7.05 Å². The standard InChI is InChI=1S/C12H24ClNO/c1-10(9-12(2,3)4)8-11(15)14(5)7-6-13/h10H,6-9H2,1-5H3. The number of hydrogen-bond donors (Lipinski definition) is 0. The Balaban J connectivity index is 3.96. The maximum Gasteiger partial charge on any atom is 0.222 e. The van der Waals surface area contributed by atoms with E-state index in [0.29, 0.717) is 30.2 Å². The first-order valence-corrected chi connectivity index (χ1v) is 6.09. The van der Waals surface area contributed by atoms with Gasteiger partial charge in [-0.2, -0.15) is 0 Å². The van der Waals surface area contributed by atoms with E-state index >= 15 is 0 Å². The summed E-state index contributed by atoms with van der Waals surface area (Å²) in [6.07, 6.45) is 1.71. The lowest BCUT2D eigenvalue weighted by atomic mass is 9.84. The molecule has 90 valence electrons. The molecule has 0 aromatic rings. The Morgan fingerprint density at radius 1 is 1.40 bits per heavy atom. The lowest BCUT2D eigenvalue weighted by Gasteiger charge is -2.24. The van der Waals surface area contributed by atoms with Crippen molar-refractivity contribution in [1.29, 1.82) is 0 Å². The molecule has 0 aromatic heterocycles. The Labute approximate surface area is 99.0 Å². The van der Waals surface area contributed by atoms with Crippen molar-refractivity contribution < 1.29 is 4.79 Å². The molecule has 1 amide bonds. The molecule has 0 aliphatic carbocycles. The van der Waals surface area contributed by atoms with E-state index in [0.717, 1.165) is 6.42 Å². The molecular formula is C12H24ClNO. The van der Waals surface area contributed by atoms with E-state index in [1.54, 1.807) is 4.90 Å². The number of carbonyl (C=O) groups is 1. The van der Waals surface area contributed by atoms with Crippen molar-refractivity contribution in [2.75, 3.05) is 19.5 Å². The average molecular weight is 234 g/mol. The summed E-state index contributed by atoms with van der Waals surface area (Å²) in [4.78, 5) is 13.4. The summed E-state index contributed by atoms with van der Waals surface area (Å²) in [5.41, 5.74) is 0.296. The van der Waals surface area contributed by atoms with Crippen molar-refractivity contribution in [3.8, 4) is 0 Å². The molecule has 0 N–H and O–H groups in total. The number of carbonyl (C=O) groups excluding carboxylic acids is 1. The van der Waals surface area contributed by atoms with Crippen LogP contribution in [0.15, 0.2) is 0 Å². The van der Waals surface area contributed by atoms with Crippen LogP contribution in [-0.4, -0.2) is 30.3 Å². The van der Waals surface area contributed by atoms with E-state index in [1.165, 1.54) is 0 Å². The topological polar surface area (TPSA) is 20.3 Å². The summed E-state index contributed by atoms with van der Waals surface area (Å²) < 4.78 is 0. The Morgan fingerprint density at radius 2 is 1.93 bits per heavy atom. The lowest BCUT2D eigenvalue weighted by molar-refractivity contribution is -0.130. The molecule has 0 heterocycles. The maximum absolute atomic E-state index is 11.7. The summed E-state index contributed by atoms with van der Waals surface area (Å²) >= 11 is 5.59. The zero-order chi connectivity index (χ0) is 12.1. The Hall–Kier alpha value is -0.240. The molecule has 0 rings (SSSR count). The molecule has 15 heavy (non-hydrogen) atoms. The van der Waals surface area contributed by atoms with Gasteiger partial charge in [-0.05, 0) is 17.8 Å². The van der Waals surface area contributed by atoms with Crippen LogP contribution in [-0.2, 0) is 4.79 Å².